The summed E-state index contributed by atoms with van der Waals surface area (Å²) in [6.07, 6.45) is 1.44. The molecule has 0 atom stereocenters. The van der Waals surface area contributed by atoms with E-state index in [-0.39, 0.29) is 11.5 Å². The molecule has 0 unspecified atom stereocenters. The van der Waals surface area contributed by atoms with E-state index < -0.39 is 0 Å². The van der Waals surface area contributed by atoms with Gasteiger partial charge >= 0.3 is 0 Å². The van der Waals surface area contributed by atoms with Gasteiger partial charge in [0.15, 0.2) is 0 Å². The molecule has 0 heterocycles. The molecule has 1 rings (SSSR count). The smallest absolute Gasteiger partial charge is 0.263 e. The van der Waals surface area contributed by atoms with Crippen molar-refractivity contribution in [1.29, 1.82) is 5.26 Å². The lowest BCUT2D eigenvalue weighted by molar-refractivity contribution is -0.117. The first-order valence-electron chi connectivity index (χ1n) is 5.43. The molecule has 1 amide bonds. The van der Waals surface area contributed by atoms with Crippen molar-refractivity contribution in [3.05, 3.63) is 47.7 Å². The lowest BCUT2D eigenvalue weighted by Crippen LogP contribution is -2.25. The quantitative estimate of drug-likeness (QED) is 0.591. The molecule has 0 saturated carbocycles. The molecule has 0 saturated heterocycles. The van der Waals surface area contributed by atoms with Crippen LogP contribution >= 0.6 is 0 Å². The van der Waals surface area contributed by atoms with Gasteiger partial charge in [0.25, 0.3) is 5.91 Å². The third kappa shape index (κ3) is 4.39. The van der Waals surface area contributed by atoms with Crippen molar-refractivity contribution in [2.24, 2.45) is 0 Å². The zero-order chi connectivity index (χ0) is 12.5. The minimum Gasteiger partial charge on any atom is -0.386 e. The van der Waals surface area contributed by atoms with Gasteiger partial charge in [0.2, 0.25) is 0 Å². The van der Waals surface area contributed by atoms with E-state index in [2.05, 4.69) is 10.6 Å². The highest BCUT2D eigenvalue weighted by atomic mass is 16.1. The van der Waals surface area contributed by atoms with Gasteiger partial charge in [0, 0.05) is 19.3 Å². The molecule has 2 N–H and O–H groups in total. The summed E-state index contributed by atoms with van der Waals surface area (Å²) in [5, 5.41) is 14.3. The molecule has 0 aliphatic carbocycles. The number of nitrogens with zero attached hydrogens (tertiary/aromatic N) is 1. The maximum atomic E-state index is 11.4. The Morgan fingerprint density at radius 3 is 2.71 bits per heavy atom. The van der Waals surface area contributed by atoms with Crippen LogP contribution in [0, 0.1) is 11.3 Å². The molecule has 0 aromatic heterocycles. The van der Waals surface area contributed by atoms with Gasteiger partial charge in [-0.15, -0.1) is 0 Å². The number of hydrogen-bond acceptors (Lipinski definition) is 3. The van der Waals surface area contributed by atoms with E-state index in [0.29, 0.717) is 13.1 Å². The molecule has 0 spiro atoms. The standard InChI is InChI=1S/C13H15N3O/c1-2-16-13(17)12(8-14)10-15-9-11-6-4-3-5-7-11/h3-7,10,15H,2,9H2,1H3,(H,16,17). The number of hydrogen-bond donors (Lipinski definition) is 2. The Balaban J connectivity index is 2.52. The van der Waals surface area contributed by atoms with Crippen LogP contribution in [-0.4, -0.2) is 12.5 Å². The summed E-state index contributed by atoms with van der Waals surface area (Å²) in [6.45, 7) is 2.91. The van der Waals surface area contributed by atoms with Crippen LogP contribution in [-0.2, 0) is 11.3 Å². The van der Waals surface area contributed by atoms with Crippen LogP contribution in [0.4, 0.5) is 0 Å². The molecule has 17 heavy (non-hydrogen) atoms. The number of carbonyl (C=O) groups is 1. The minimum absolute atomic E-state index is 0.0859. The van der Waals surface area contributed by atoms with Crippen LogP contribution in [0.2, 0.25) is 0 Å². The van der Waals surface area contributed by atoms with Crippen LogP contribution in [0.15, 0.2) is 42.1 Å². The van der Waals surface area contributed by atoms with E-state index in [0.717, 1.165) is 5.56 Å². The summed E-state index contributed by atoms with van der Waals surface area (Å²) in [5.74, 6) is -0.351. The number of rotatable bonds is 5. The predicted molar refractivity (Wildman–Crippen MR) is 65.7 cm³/mol. The SMILES string of the molecule is CCNC(=O)C(C#N)=CNCc1ccccc1. The van der Waals surface area contributed by atoms with Crippen molar-refractivity contribution in [3.8, 4) is 6.07 Å². The molecule has 0 bridgehead atoms. The first kappa shape index (κ1) is 12.8. The molecule has 0 aliphatic heterocycles. The van der Waals surface area contributed by atoms with Gasteiger partial charge in [-0.1, -0.05) is 30.3 Å². The molecule has 1 aromatic rings. The Morgan fingerprint density at radius 1 is 1.41 bits per heavy atom. The fourth-order valence-electron chi connectivity index (χ4n) is 1.27. The molecule has 0 radical (unpaired) electrons. The monoisotopic (exact) mass is 229 g/mol. The van der Waals surface area contributed by atoms with E-state index in [1.54, 1.807) is 0 Å². The molecular formula is C13H15N3O. The second kappa shape index (κ2) is 7.07. The van der Waals surface area contributed by atoms with Crippen LogP contribution in [0.25, 0.3) is 0 Å². The molecular weight excluding hydrogens is 214 g/mol. The molecule has 0 aliphatic rings. The lowest BCUT2D eigenvalue weighted by Gasteiger charge is -2.03. The van der Waals surface area contributed by atoms with Crippen molar-refractivity contribution in [3.63, 3.8) is 0 Å². The highest BCUT2D eigenvalue weighted by Crippen LogP contribution is 1.98. The number of benzene rings is 1. The van der Waals surface area contributed by atoms with Gasteiger partial charge in [-0.3, -0.25) is 4.79 Å². The Morgan fingerprint density at radius 2 is 2.12 bits per heavy atom. The summed E-state index contributed by atoms with van der Waals surface area (Å²) in [7, 11) is 0. The van der Waals surface area contributed by atoms with Crippen LogP contribution in [0.5, 0.6) is 0 Å². The van der Waals surface area contributed by atoms with Crippen molar-refractivity contribution in [2.75, 3.05) is 6.54 Å². The Hall–Kier alpha value is -2.28. The molecule has 1 aromatic carbocycles. The van der Waals surface area contributed by atoms with Gasteiger partial charge in [0.05, 0.1) is 0 Å². The normalized spacial score (nSPS) is 10.5. The van der Waals surface area contributed by atoms with Crippen molar-refractivity contribution in [2.45, 2.75) is 13.5 Å². The molecule has 4 heteroatoms. The zero-order valence-corrected chi connectivity index (χ0v) is 9.73. The second-order valence-corrected chi connectivity index (χ2v) is 3.40. The van der Waals surface area contributed by atoms with Gasteiger partial charge in [-0.2, -0.15) is 5.26 Å². The largest absolute Gasteiger partial charge is 0.386 e. The van der Waals surface area contributed by atoms with Gasteiger partial charge < -0.3 is 10.6 Å². The summed E-state index contributed by atoms with van der Waals surface area (Å²) < 4.78 is 0. The first-order valence-corrected chi connectivity index (χ1v) is 5.43. The number of carbonyl (C=O) groups excluding carboxylic acids is 1. The van der Waals surface area contributed by atoms with Gasteiger partial charge in [-0.25, -0.2) is 0 Å². The van der Waals surface area contributed by atoms with Crippen molar-refractivity contribution >= 4 is 5.91 Å². The number of nitrogens with one attached hydrogen (secondary N) is 2. The zero-order valence-electron chi connectivity index (χ0n) is 9.73. The highest BCUT2D eigenvalue weighted by molar-refractivity contribution is 5.97. The van der Waals surface area contributed by atoms with E-state index in [4.69, 9.17) is 5.26 Å². The average Bonchev–Trinajstić information content (AvgIpc) is 2.36. The highest BCUT2D eigenvalue weighted by Gasteiger charge is 2.05. The Kier molecular flexibility index (Phi) is 5.32. The summed E-state index contributed by atoms with van der Waals surface area (Å²) in [5.41, 5.74) is 1.18. The number of amides is 1. The van der Waals surface area contributed by atoms with Crippen LogP contribution in [0.3, 0.4) is 0 Å². The van der Waals surface area contributed by atoms with E-state index in [1.807, 2.05) is 43.3 Å². The van der Waals surface area contributed by atoms with Gasteiger partial charge in [0.1, 0.15) is 11.6 Å². The third-order valence-electron chi connectivity index (χ3n) is 2.10. The summed E-state index contributed by atoms with van der Waals surface area (Å²) in [6, 6.07) is 11.6. The topological polar surface area (TPSA) is 64.9 Å². The Bertz CT molecular complexity index is 432. The van der Waals surface area contributed by atoms with E-state index in [9.17, 15) is 4.79 Å². The maximum Gasteiger partial charge on any atom is 0.263 e. The number of nitriles is 1. The fourth-order valence-corrected chi connectivity index (χ4v) is 1.27. The summed E-state index contributed by atoms with van der Waals surface area (Å²) in [4.78, 5) is 11.4. The average molecular weight is 229 g/mol. The molecule has 4 nitrogen and oxygen atoms in total. The minimum atomic E-state index is -0.351. The van der Waals surface area contributed by atoms with Crippen molar-refractivity contribution in [1.82, 2.24) is 10.6 Å². The fraction of sp³-hybridized carbons (Fsp3) is 0.231. The molecule has 88 valence electrons. The van der Waals surface area contributed by atoms with E-state index >= 15 is 0 Å². The van der Waals surface area contributed by atoms with Crippen LogP contribution in [0.1, 0.15) is 12.5 Å². The van der Waals surface area contributed by atoms with E-state index in [1.165, 1.54) is 6.20 Å². The number of likely N-dealkylation sites (N-methyl/N-ethyl adjacent to an activating group) is 1. The lowest BCUT2D eigenvalue weighted by atomic mass is 10.2. The third-order valence-corrected chi connectivity index (χ3v) is 2.10. The Labute approximate surface area is 101 Å². The van der Waals surface area contributed by atoms with Crippen LogP contribution < -0.4 is 10.6 Å². The summed E-state index contributed by atoms with van der Waals surface area (Å²) >= 11 is 0. The predicted octanol–water partition coefficient (Wildman–Crippen LogP) is 1.32. The molecule has 0 fully saturated rings. The van der Waals surface area contributed by atoms with Gasteiger partial charge in [-0.05, 0) is 12.5 Å². The van der Waals surface area contributed by atoms with Crippen molar-refractivity contribution < 1.29 is 4.79 Å². The maximum absolute atomic E-state index is 11.4. The second-order valence-electron chi connectivity index (χ2n) is 3.40. The first-order chi connectivity index (χ1) is 8.27.